The number of amides is 1. The van der Waals surface area contributed by atoms with E-state index in [1.165, 1.54) is 0 Å². The van der Waals surface area contributed by atoms with Crippen molar-refractivity contribution in [3.05, 3.63) is 36.3 Å². The van der Waals surface area contributed by atoms with E-state index in [0.29, 0.717) is 34.3 Å². The summed E-state index contributed by atoms with van der Waals surface area (Å²) >= 11 is 0. The van der Waals surface area contributed by atoms with E-state index in [1.54, 1.807) is 25.6 Å². The van der Waals surface area contributed by atoms with Gasteiger partial charge >= 0.3 is 0 Å². The summed E-state index contributed by atoms with van der Waals surface area (Å²) < 4.78 is 5.94. The molecule has 2 N–H and O–H groups in total. The van der Waals surface area contributed by atoms with Crippen LogP contribution in [0.3, 0.4) is 0 Å². The Labute approximate surface area is 160 Å². The molecule has 8 nitrogen and oxygen atoms in total. The lowest BCUT2D eigenvalue weighted by Crippen LogP contribution is -2.14. The first kappa shape index (κ1) is 16.6. The fourth-order valence-corrected chi connectivity index (χ4v) is 3.18. The summed E-state index contributed by atoms with van der Waals surface area (Å²) in [7, 11) is 1.80. The van der Waals surface area contributed by atoms with E-state index in [1.807, 2.05) is 19.1 Å². The summed E-state index contributed by atoms with van der Waals surface area (Å²) in [5.41, 5.74) is 2.88. The van der Waals surface area contributed by atoms with Crippen LogP contribution in [0, 0.1) is 12.8 Å². The largest absolute Gasteiger partial charge is 0.434 e. The molecule has 0 spiro atoms. The summed E-state index contributed by atoms with van der Waals surface area (Å²) in [5, 5.41) is 7.61. The highest BCUT2D eigenvalue weighted by Gasteiger charge is 2.30. The molecule has 28 heavy (non-hydrogen) atoms. The molecule has 4 aromatic heterocycles. The standard InChI is InChI=1S/C20H18N6O2/c1-10-5-15-18(23-7-10)26-20(28-15)14-9-24-17(21-2)13-8-22-16(6-12(13)14)25-19(27)11-3-4-11/h5-9,11H,3-4H2,1-2H3,(H,21,24)(H,22,25,27). The van der Waals surface area contributed by atoms with Crippen molar-refractivity contribution in [2.45, 2.75) is 19.8 Å². The number of aryl methyl sites for hydroxylation is 1. The maximum absolute atomic E-state index is 12.1. The lowest BCUT2D eigenvalue weighted by Gasteiger charge is -2.10. The molecule has 5 rings (SSSR count). The number of carbonyl (C=O) groups is 1. The Morgan fingerprint density at radius 3 is 2.75 bits per heavy atom. The van der Waals surface area contributed by atoms with Gasteiger partial charge in [-0.25, -0.2) is 15.0 Å². The first-order valence-corrected chi connectivity index (χ1v) is 9.13. The van der Waals surface area contributed by atoms with E-state index in [0.717, 1.165) is 29.2 Å². The van der Waals surface area contributed by atoms with Crippen LogP contribution in [0.15, 0.2) is 35.1 Å². The van der Waals surface area contributed by atoms with Gasteiger partial charge in [0.15, 0.2) is 11.2 Å². The fraction of sp³-hybridized carbons (Fsp3) is 0.250. The Kier molecular flexibility index (Phi) is 3.71. The third-order valence-corrected chi connectivity index (χ3v) is 4.82. The van der Waals surface area contributed by atoms with E-state index in [4.69, 9.17) is 4.42 Å². The summed E-state index contributed by atoms with van der Waals surface area (Å²) in [6.45, 7) is 1.95. The van der Waals surface area contributed by atoms with E-state index in [2.05, 4.69) is 30.6 Å². The first-order valence-electron chi connectivity index (χ1n) is 9.13. The van der Waals surface area contributed by atoms with Crippen molar-refractivity contribution in [1.82, 2.24) is 19.9 Å². The van der Waals surface area contributed by atoms with E-state index in [-0.39, 0.29) is 11.8 Å². The zero-order chi connectivity index (χ0) is 19.3. The van der Waals surface area contributed by atoms with E-state index < -0.39 is 0 Å². The van der Waals surface area contributed by atoms with Gasteiger partial charge in [-0.15, -0.1) is 0 Å². The molecule has 0 atom stereocenters. The molecule has 4 heterocycles. The molecule has 140 valence electrons. The quantitative estimate of drug-likeness (QED) is 0.563. The summed E-state index contributed by atoms with van der Waals surface area (Å²) in [6, 6.07) is 3.74. The van der Waals surface area contributed by atoms with Gasteiger partial charge in [0, 0.05) is 42.3 Å². The SMILES string of the molecule is CNc1ncc(-c2nc3ncc(C)cc3o2)c2cc(NC(=O)C3CC3)ncc12. The number of rotatable bonds is 4. The Hall–Kier alpha value is -3.55. The van der Waals surface area contributed by atoms with Gasteiger partial charge in [-0.3, -0.25) is 4.79 Å². The molecule has 0 unspecified atom stereocenters. The molecule has 0 saturated heterocycles. The summed E-state index contributed by atoms with van der Waals surface area (Å²) in [6.07, 6.45) is 7.04. The maximum atomic E-state index is 12.1. The number of aromatic nitrogens is 4. The molecule has 0 aliphatic heterocycles. The van der Waals surface area contributed by atoms with Crippen LogP contribution in [0.25, 0.3) is 33.5 Å². The van der Waals surface area contributed by atoms with Crippen molar-refractivity contribution in [3.63, 3.8) is 0 Å². The molecule has 4 aromatic rings. The highest BCUT2D eigenvalue weighted by Crippen LogP contribution is 2.34. The monoisotopic (exact) mass is 374 g/mol. The van der Waals surface area contributed by atoms with E-state index >= 15 is 0 Å². The van der Waals surface area contributed by atoms with Gasteiger partial charge in [-0.2, -0.15) is 4.98 Å². The number of nitrogens with one attached hydrogen (secondary N) is 2. The number of pyridine rings is 3. The van der Waals surface area contributed by atoms with Gasteiger partial charge in [0.25, 0.3) is 0 Å². The average Bonchev–Trinajstić information content (AvgIpc) is 3.47. The molecular weight excluding hydrogens is 356 g/mol. The van der Waals surface area contributed by atoms with Crippen LogP contribution < -0.4 is 10.6 Å². The van der Waals surface area contributed by atoms with Crippen LogP contribution in [0.1, 0.15) is 18.4 Å². The van der Waals surface area contributed by atoms with Crippen LogP contribution in [-0.4, -0.2) is 32.9 Å². The summed E-state index contributed by atoms with van der Waals surface area (Å²) in [5.74, 6) is 1.74. The van der Waals surface area contributed by atoms with Crippen molar-refractivity contribution in [3.8, 4) is 11.5 Å². The second-order valence-corrected chi connectivity index (χ2v) is 7.00. The normalized spacial score (nSPS) is 13.8. The van der Waals surface area contributed by atoms with Crippen LogP contribution >= 0.6 is 0 Å². The van der Waals surface area contributed by atoms with Crippen LogP contribution in [0.4, 0.5) is 11.6 Å². The molecule has 0 radical (unpaired) electrons. The van der Waals surface area contributed by atoms with Crippen molar-refractivity contribution in [2.24, 2.45) is 5.92 Å². The average molecular weight is 374 g/mol. The van der Waals surface area contributed by atoms with Gasteiger partial charge in [0.2, 0.25) is 11.8 Å². The molecule has 1 aliphatic carbocycles. The lowest BCUT2D eigenvalue weighted by molar-refractivity contribution is -0.117. The number of anilines is 2. The maximum Gasteiger partial charge on any atom is 0.231 e. The number of carbonyl (C=O) groups excluding carboxylic acids is 1. The number of hydrogen-bond acceptors (Lipinski definition) is 7. The molecule has 0 aromatic carbocycles. The number of fused-ring (bicyclic) bond motifs is 2. The van der Waals surface area contributed by atoms with Crippen LogP contribution in [-0.2, 0) is 4.79 Å². The van der Waals surface area contributed by atoms with Crippen molar-refractivity contribution in [1.29, 1.82) is 0 Å². The van der Waals surface area contributed by atoms with Crippen LogP contribution in [0.5, 0.6) is 0 Å². The molecule has 1 aliphatic rings. The lowest BCUT2D eigenvalue weighted by atomic mass is 10.1. The van der Waals surface area contributed by atoms with E-state index in [9.17, 15) is 4.79 Å². The van der Waals surface area contributed by atoms with Gasteiger partial charge in [-0.1, -0.05) is 0 Å². The third-order valence-electron chi connectivity index (χ3n) is 4.82. The molecule has 1 amide bonds. The molecular formula is C20H18N6O2. The molecule has 1 fully saturated rings. The van der Waals surface area contributed by atoms with Crippen LogP contribution in [0.2, 0.25) is 0 Å². The van der Waals surface area contributed by atoms with Crippen molar-refractivity contribution in [2.75, 3.05) is 17.7 Å². The van der Waals surface area contributed by atoms with Crippen molar-refractivity contribution < 1.29 is 9.21 Å². The zero-order valence-electron chi connectivity index (χ0n) is 15.5. The Morgan fingerprint density at radius 2 is 1.96 bits per heavy atom. The topological polar surface area (TPSA) is 106 Å². The minimum Gasteiger partial charge on any atom is -0.434 e. The predicted molar refractivity (Wildman–Crippen MR) is 106 cm³/mol. The molecule has 0 bridgehead atoms. The molecule has 1 saturated carbocycles. The zero-order valence-corrected chi connectivity index (χ0v) is 15.5. The number of oxazole rings is 1. The number of nitrogens with zero attached hydrogens (tertiary/aromatic N) is 4. The highest BCUT2D eigenvalue weighted by atomic mass is 16.3. The Bertz CT molecular complexity index is 1230. The van der Waals surface area contributed by atoms with Gasteiger partial charge in [0.1, 0.15) is 11.6 Å². The van der Waals surface area contributed by atoms with Gasteiger partial charge in [0.05, 0.1) is 5.56 Å². The third kappa shape index (κ3) is 2.83. The first-order chi connectivity index (χ1) is 13.6. The van der Waals surface area contributed by atoms with Gasteiger partial charge < -0.3 is 15.1 Å². The van der Waals surface area contributed by atoms with Crippen molar-refractivity contribution >= 4 is 39.5 Å². The fourth-order valence-electron chi connectivity index (χ4n) is 3.18. The predicted octanol–water partition coefficient (Wildman–Crippen LogP) is 3.53. The minimum absolute atomic E-state index is 0.0119. The second kappa shape index (κ2) is 6.26. The van der Waals surface area contributed by atoms with Gasteiger partial charge in [-0.05, 0) is 37.5 Å². The second-order valence-electron chi connectivity index (χ2n) is 7.00. The number of hydrogen-bond donors (Lipinski definition) is 2. The highest BCUT2D eigenvalue weighted by molar-refractivity contribution is 6.03. The Balaban J connectivity index is 1.66. The smallest absolute Gasteiger partial charge is 0.231 e. The molecule has 8 heteroatoms. The minimum atomic E-state index is 0.0119. The Morgan fingerprint density at radius 1 is 1.11 bits per heavy atom. The summed E-state index contributed by atoms with van der Waals surface area (Å²) in [4.78, 5) is 29.8.